The zero-order chi connectivity index (χ0) is 60.4. The first-order valence-corrected chi connectivity index (χ1v) is 30.1. The molecule has 89 heavy (non-hydrogen) atoms. The van der Waals surface area contributed by atoms with E-state index in [1.165, 1.54) is 33.4 Å². The number of nitriles is 2. The molecule has 0 spiro atoms. The predicted octanol–water partition coefficient (Wildman–Crippen LogP) is 21.3. The summed E-state index contributed by atoms with van der Waals surface area (Å²) >= 11 is 0. The second kappa shape index (κ2) is 22.0. The molecule has 15 aromatic rings. The fraction of sp³-hybridized carbons (Fsp3) is 0.0602. The van der Waals surface area contributed by atoms with E-state index < -0.39 is 0 Å². The molecule has 0 radical (unpaired) electrons. The molecule has 0 bridgehead atoms. The van der Waals surface area contributed by atoms with Crippen molar-refractivity contribution in [3.63, 3.8) is 0 Å². The van der Waals surface area contributed by atoms with Gasteiger partial charge in [0, 0.05) is 57.5 Å². The van der Waals surface area contributed by atoms with Gasteiger partial charge in [0.15, 0.2) is 0 Å². The standard InChI is InChI=1S/C83H58N6/c1-51-13-9-11-17-67(51)61-23-27-78-74(42-61)76-44-63(25-29-79(76)88(78)82-46-65(49-84)71(39-55(82)5)57-31-35-86-36-32-57)69-40-59(21-19-53(69)3)60-22-20-54(4)70(41-60)64-26-30-81-77(45-64)75-43-62(68-18-12-10-14-52(68)2)24-28-80(75)89(81)83-47-66(50-85)72(58-33-37-87-38-34-58)48-73(83)56-15-7-6-8-16-56/h6-48H,1-5H3. The van der Waals surface area contributed by atoms with Crippen LogP contribution >= 0.6 is 0 Å². The summed E-state index contributed by atoms with van der Waals surface area (Å²) in [6.07, 6.45) is 7.11. The highest BCUT2D eigenvalue weighted by Gasteiger charge is 2.23. The van der Waals surface area contributed by atoms with Crippen molar-refractivity contribution in [2.75, 3.05) is 0 Å². The minimum absolute atomic E-state index is 0.590. The number of fused-ring (bicyclic) bond motifs is 6. The minimum atomic E-state index is 0.590. The topological polar surface area (TPSA) is 83.2 Å². The van der Waals surface area contributed by atoms with Crippen LogP contribution in [0.1, 0.15) is 38.9 Å². The molecule has 0 unspecified atom stereocenters. The Morgan fingerprint density at radius 2 is 0.618 bits per heavy atom. The summed E-state index contributed by atoms with van der Waals surface area (Å²) < 4.78 is 4.70. The van der Waals surface area contributed by atoms with Gasteiger partial charge >= 0.3 is 0 Å². The molecule has 4 heterocycles. The third-order valence-electron chi connectivity index (χ3n) is 18.1. The second-order valence-electron chi connectivity index (χ2n) is 23.4. The van der Waals surface area contributed by atoms with Crippen molar-refractivity contribution < 1.29 is 0 Å². The van der Waals surface area contributed by atoms with Crippen LogP contribution < -0.4 is 0 Å². The van der Waals surface area contributed by atoms with E-state index in [2.05, 4.69) is 266 Å². The van der Waals surface area contributed by atoms with Crippen LogP contribution in [0.15, 0.2) is 261 Å². The van der Waals surface area contributed by atoms with Crippen molar-refractivity contribution >= 4 is 43.6 Å². The van der Waals surface area contributed by atoms with Gasteiger partial charge in [-0.15, -0.1) is 0 Å². The largest absolute Gasteiger partial charge is 0.309 e. The van der Waals surface area contributed by atoms with Crippen LogP contribution in [0.25, 0.3) is 144 Å². The van der Waals surface area contributed by atoms with E-state index in [4.69, 9.17) is 0 Å². The first-order chi connectivity index (χ1) is 43.6. The van der Waals surface area contributed by atoms with Crippen LogP contribution in [0.4, 0.5) is 0 Å². The van der Waals surface area contributed by atoms with E-state index >= 15 is 0 Å². The smallest absolute Gasteiger partial charge is 0.0998 e. The molecule has 0 atom stereocenters. The zero-order valence-electron chi connectivity index (χ0n) is 50.0. The predicted molar refractivity (Wildman–Crippen MR) is 367 cm³/mol. The molecular formula is C83H58N6. The molecule has 0 aliphatic heterocycles. The van der Waals surface area contributed by atoms with Gasteiger partial charge in [-0.2, -0.15) is 10.5 Å². The summed E-state index contributed by atoms with van der Waals surface area (Å²) in [7, 11) is 0. The molecular weight excluding hydrogens is 1080 g/mol. The van der Waals surface area contributed by atoms with Gasteiger partial charge in [0.1, 0.15) is 0 Å². The summed E-state index contributed by atoms with van der Waals surface area (Å²) in [5.74, 6) is 0. The number of rotatable bonds is 10. The molecule has 4 aromatic heterocycles. The van der Waals surface area contributed by atoms with Crippen molar-refractivity contribution in [2.24, 2.45) is 0 Å². The maximum atomic E-state index is 10.9. The molecule has 0 amide bonds. The molecule has 6 nitrogen and oxygen atoms in total. The van der Waals surface area contributed by atoms with Gasteiger partial charge in [-0.05, 0) is 250 Å². The van der Waals surface area contributed by atoms with Gasteiger partial charge in [-0.1, -0.05) is 127 Å². The quantitative estimate of drug-likeness (QED) is 0.137. The highest BCUT2D eigenvalue weighted by Crippen LogP contribution is 2.45. The van der Waals surface area contributed by atoms with E-state index in [9.17, 15) is 10.5 Å². The third-order valence-corrected chi connectivity index (χ3v) is 18.1. The average Bonchev–Trinajstić information content (AvgIpc) is 1.86. The van der Waals surface area contributed by atoms with E-state index in [-0.39, 0.29) is 0 Å². The maximum absolute atomic E-state index is 10.9. The lowest BCUT2D eigenvalue weighted by Gasteiger charge is -2.18. The lowest BCUT2D eigenvalue weighted by Crippen LogP contribution is -2.00. The van der Waals surface area contributed by atoms with Gasteiger partial charge < -0.3 is 9.13 Å². The van der Waals surface area contributed by atoms with Crippen molar-refractivity contribution in [1.82, 2.24) is 19.1 Å². The normalized spacial score (nSPS) is 11.4. The van der Waals surface area contributed by atoms with Crippen molar-refractivity contribution in [1.29, 1.82) is 10.5 Å². The average molecular weight is 1140 g/mol. The maximum Gasteiger partial charge on any atom is 0.0998 e. The van der Waals surface area contributed by atoms with E-state index in [0.717, 1.165) is 138 Å². The van der Waals surface area contributed by atoms with E-state index in [0.29, 0.717) is 11.1 Å². The summed E-state index contributed by atoms with van der Waals surface area (Å²) in [6, 6.07) is 90.2. The van der Waals surface area contributed by atoms with Crippen molar-refractivity contribution in [3.8, 4) is 113 Å². The van der Waals surface area contributed by atoms with E-state index in [1.807, 2.05) is 36.4 Å². The Morgan fingerprint density at radius 3 is 1.06 bits per heavy atom. The lowest BCUT2D eigenvalue weighted by molar-refractivity contribution is 1.15. The number of benzene rings is 11. The Hall–Kier alpha value is -11.7. The Labute approximate surface area is 517 Å². The molecule has 0 N–H and O–H groups in total. The van der Waals surface area contributed by atoms with Gasteiger partial charge in [0.25, 0.3) is 0 Å². The Balaban J connectivity index is 0.872. The Morgan fingerprint density at radius 1 is 0.258 bits per heavy atom. The zero-order valence-corrected chi connectivity index (χ0v) is 50.0. The minimum Gasteiger partial charge on any atom is -0.309 e. The molecule has 11 aromatic carbocycles. The van der Waals surface area contributed by atoms with Gasteiger partial charge in [-0.3, -0.25) is 9.97 Å². The van der Waals surface area contributed by atoms with E-state index in [1.54, 1.807) is 24.8 Å². The number of hydrogen-bond donors (Lipinski definition) is 0. The molecule has 0 aliphatic carbocycles. The molecule has 15 rings (SSSR count). The van der Waals surface area contributed by atoms with Gasteiger partial charge in [0.05, 0.1) is 56.7 Å². The molecule has 6 heteroatoms. The Kier molecular flexibility index (Phi) is 13.3. The lowest BCUT2D eigenvalue weighted by atomic mass is 9.91. The molecule has 0 aliphatic rings. The first kappa shape index (κ1) is 54.0. The molecule has 0 saturated carbocycles. The monoisotopic (exact) mass is 1140 g/mol. The third kappa shape index (κ3) is 9.35. The van der Waals surface area contributed by atoms with Crippen molar-refractivity contribution in [3.05, 3.63) is 300 Å². The molecule has 0 fully saturated rings. The highest BCUT2D eigenvalue weighted by molar-refractivity contribution is 6.14. The highest BCUT2D eigenvalue weighted by atomic mass is 15.0. The van der Waals surface area contributed by atoms with Crippen LogP contribution in [-0.4, -0.2) is 19.1 Å². The van der Waals surface area contributed by atoms with Crippen LogP contribution in [0.5, 0.6) is 0 Å². The summed E-state index contributed by atoms with van der Waals surface area (Å²) in [5.41, 5.74) is 30.5. The van der Waals surface area contributed by atoms with Crippen LogP contribution in [0.2, 0.25) is 0 Å². The van der Waals surface area contributed by atoms with Crippen molar-refractivity contribution in [2.45, 2.75) is 34.6 Å². The Bertz CT molecular complexity index is 5440. The second-order valence-corrected chi connectivity index (χ2v) is 23.4. The summed E-state index contributed by atoms with van der Waals surface area (Å²) in [5, 5.41) is 26.1. The van der Waals surface area contributed by atoms with Gasteiger partial charge in [-0.25, -0.2) is 0 Å². The number of hydrogen-bond acceptors (Lipinski definition) is 4. The fourth-order valence-electron chi connectivity index (χ4n) is 13.5. The first-order valence-electron chi connectivity index (χ1n) is 30.1. The number of aromatic nitrogens is 4. The number of pyridine rings is 2. The van der Waals surface area contributed by atoms with Gasteiger partial charge in [0.2, 0.25) is 0 Å². The summed E-state index contributed by atoms with van der Waals surface area (Å²) in [4.78, 5) is 8.53. The summed E-state index contributed by atoms with van der Waals surface area (Å²) in [6.45, 7) is 10.9. The SMILES string of the molecule is Cc1ccccc1-c1ccc2c(c1)c1cc(-c3cc(-c4ccc(C)c(-c5ccc6c(c5)c5cc(-c7ccccc7C)ccc5n6-c5cc(C#N)c(-c6ccncc6)cc5-c5ccccc5)c4)ccc3C)ccc1n2-c1cc(C#N)c(-c2ccncc2)cc1C. The molecule has 420 valence electrons. The van der Waals surface area contributed by atoms with Crippen LogP contribution in [0.3, 0.4) is 0 Å². The molecule has 0 saturated heterocycles. The number of nitrogens with zero attached hydrogens (tertiary/aromatic N) is 6. The van der Waals surface area contributed by atoms with Crippen LogP contribution in [-0.2, 0) is 0 Å². The van der Waals surface area contributed by atoms with Crippen LogP contribution in [0, 0.1) is 57.3 Å². The fourth-order valence-corrected chi connectivity index (χ4v) is 13.5. The number of aryl methyl sites for hydroxylation is 5.